The van der Waals surface area contributed by atoms with Gasteiger partial charge in [0.25, 0.3) is 0 Å². The fourth-order valence-electron chi connectivity index (χ4n) is 1.71. The van der Waals surface area contributed by atoms with Gasteiger partial charge in [-0.05, 0) is 28.8 Å². The van der Waals surface area contributed by atoms with E-state index < -0.39 is 5.97 Å². The molecule has 1 N–H and O–H groups in total. The van der Waals surface area contributed by atoms with Crippen molar-refractivity contribution in [2.24, 2.45) is 5.11 Å². The first-order valence-electron chi connectivity index (χ1n) is 5.20. The normalized spacial score (nSPS) is 9.56. The molecule has 0 radical (unpaired) electrons. The minimum atomic E-state index is -0.986. The second-order valence-electron chi connectivity index (χ2n) is 3.59. The highest BCUT2D eigenvalue weighted by atomic mass is 16.4. The molecule has 18 heavy (non-hydrogen) atoms. The Labute approximate surface area is 103 Å². The zero-order valence-electron chi connectivity index (χ0n) is 9.32. The molecule has 0 fully saturated rings. The molecule has 88 valence electrons. The van der Waals surface area contributed by atoms with Crippen LogP contribution in [-0.2, 0) is 0 Å². The number of carbonyl (C=O) groups is 1. The van der Waals surface area contributed by atoms with E-state index >= 15 is 0 Å². The summed E-state index contributed by atoms with van der Waals surface area (Å²) in [4.78, 5) is 13.8. The quantitative estimate of drug-likeness (QED) is 0.498. The molecule has 0 saturated carbocycles. The van der Waals surface area contributed by atoms with Crippen LogP contribution in [0.2, 0.25) is 0 Å². The van der Waals surface area contributed by atoms with E-state index in [1.54, 1.807) is 42.5 Å². The van der Waals surface area contributed by atoms with Crippen molar-refractivity contribution in [1.82, 2.24) is 0 Å². The molecule has 0 unspecified atom stereocenters. The van der Waals surface area contributed by atoms with Crippen molar-refractivity contribution in [1.29, 1.82) is 0 Å². The summed E-state index contributed by atoms with van der Waals surface area (Å²) in [5, 5.41) is 12.6. The summed E-state index contributed by atoms with van der Waals surface area (Å²) >= 11 is 0. The van der Waals surface area contributed by atoms with Crippen molar-refractivity contribution in [2.75, 3.05) is 0 Å². The molecule has 5 nitrogen and oxygen atoms in total. The standard InChI is InChI=1S/C13H9N3O2/c14-16-15-10-5-3-4-9(8-10)11-6-1-2-7-12(11)13(17)18/h1-8H,(H,17,18). The van der Waals surface area contributed by atoms with Gasteiger partial charge in [0, 0.05) is 10.6 Å². The lowest BCUT2D eigenvalue weighted by atomic mass is 9.99. The summed E-state index contributed by atoms with van der Waals surface area (Å²) in [7, 11) is 0. The van der Waals surface area contributed by atoms with Gasteiger partial charge >= 0.3 is 5.97 Å². The van der Waals surface area contributed by atoms with Gasteiger partial charge in [0.2, 0.25) is 0 Å². The number of azide groups is 1. The average molecular weight is 239 g/mol. The molecule has 5 heteroatoms. The summed E-state index contributed by atoms with van der Waals surface area (Å²) in [5.41, 5.74) is 10.4. The number of benzene rings is 2. The van der Waals surface area contributed by atoms with E-state index in [0.717, 1.165) is 0 Å². The van der Waals surface area contributed by atoms with E-state index in [2.05, 4.69) is 10.0 Å². The number of nitrogens with zero attached hydrogens (tertiary/aromatic N) is 3. The first-order valence-corrected chi connectivity index (χ1v) is 5.20. The Morgan fingerprint density at radius 2 is 1.94 bits per heavy atom. The lowest BCUT2D eigenvalue weighted by Gasteiger charge is -2.06. The third kappa shape index (κ3) is 2.31. The maximum Gasteiger partial charge on any atom is 0.336 e. The highest BCUT2D eigenvalue weighted by Gasteiger charge is 2.10. The van der Waals surface area contributed by atoms with Crippen LogP contribution in [0.5, 0.6) is 0 Å². The Hall–Kier alpha value is -2.78. The second-order valence-corrected chi connectivity index (χ2v) is 3.59. The number of aromatic carboxylic acids is 1. The Balaban J connectivity index is 2.58. The predicted octanol–water partition coefficient (Wildman–Crippen LogP) is 3.99. The largest absolute Gasteiger partial charge is 0.478 e. The highest BCUT2D eigenvalue weighted by Crippen LogP contribution is 2.27. The van der Waals surface area contributed by atoms with Crippen molar-refractivity contribution in [3.63, 3.8) is 0 Å². The van der Waals surface area contributed by atoms with E-state index in [-0.39, 0.29) is 5.56 Å². The predicted molar refractivity (Wildman–Crippen MR) is 67.6 cm³/mol. The Kier molecular flexibility index (Phi) is 3.27. The van der Waals surface area contributed by atoms with Crippen LogP contribution in [0.25, 0.3) is 21.6 Å². The Morgan fingerprint density at radius 3 is 2.67 bits per heavy atom. The first-order chi connectivity index (χ1) is 8.72. The van der Waals surface area contributed by atoms with Gasteiger partial charge in [-0.15, -0.1) is 0 Å². The molecule has 2 aromatic carbocycles. The Bertz CT molecular complexity index is 646. The minimum Gasteiger partial charge on any atom is -0.478 e. The molecule has 2 rings (SSSR count). The number of hydrogen-bond acceptors (Lipinski definition) is 2. The fraction of sp³-hybridized carbons (Fsp3) is 0. The summed E-state index contributed by atoms with van der Waals surface area (Å²) in [6.45, 7) is 0. The second kappa shape index (κ2) is 5.03. The van der Waals surface area contributed by atoms with Crippen LogP contribution in [0.3, 0.4) is 0 Å². The van der Waals surface area contributed by atoms with Crippen molar-refractivity contribution in [3.05, 3.63) is 64.5 Å². The zero-order chi connectivity index (χ0) is 13.0. The molecular formula is C13H9N3O2. The monoisotopic (exact) mass is 239 g/mol. The molecule has 0 heterocycles. The summed E-state index contributed by atoms with van der Waals surface area (Å²) in [6.07, 6.45) is 0. The van der Waals surface area contributed by atoms with Crippen LogP contribution < -0.4 is 0 Å². The van der Waals surface area contributed by atoms with Gasteiger partial charge < -0.3 is 5.11 Å². The van der Waals surface area contributed by atoms with Crippen LogP contribution >= 0.6 is 0 Å². The van der Waals surface area contributed by atoms with Crippen LogP contribution in [0.1, 0.15) is 10.4 Å². The molecule has 0 amide bonds. The number of carboxylic acid groups (broad SMARTS) is 1. The van der Waals surface area contributed by atoms with E-state index in [0.29, 0.717) is 16.8 Å². The molecule has 0 saturated heterocycles. The smallest absolute Gasteiger partial charge is 0.336 e. The number of rotatable bonds is 3. The van der Waals surface area contributed by atoms with Gasteiger partial charge in [-0.3, -0.25) is 0 Å². The van der Waals surface area contributed by atoms with Gasteiger partial charge in [0.05, 0.1) is 5.56 Å². The third-order valence-electron chi connectivity index (χ3n) is 2.47. The summed E-state index contributed by atoms with van der Waals surface area (Å²) in [6, 6.07) is 13.5. The van der Waals surface area contributed by atoms with E-state index in [4.69, 9.17) is 10.6 Å². The van der Waals surface area contributed by atoms with E-state index in [1.165, 1.54) is 6.07 Å². The molecule has 0 spiro atoms. The molecule has 0 aliphatic heterocycles. The van der Waals surface area contributed by atoms with E-state index in [9.17, 15) is 4.79 Å². The van der Waals surface area contributed by atoms with Gasteiger partial charge in [0.15, 0.2) is 0 Å². The lowest BCUT2D eigenvalue weighted by molar-refractivity contribution is 0.0697. The van der Waals surface area contributed by atoms with Crippen molar-refractivity contribution in [2.45, 2.75) is 0 Å². The maximum absolute atomic E-state index is 11.1. The topological polar surface area (TPSA) is 86.1 Å². The molecular weight excluding hydrogens is 230 g/mol. The van der Waals surface area contributed by atoms with Gasteiger partial charge in [-0.25, -0.2) is 4.79 Å². The van der Waals surface area contributed by atoms with Crippen molar-refractivity contribution < 1.29 is 9.90 Å². The third-order valence-corrected chi connectivity index (χ3v) is 2.47. The van der Waals surface area contributed by atoms with Crippen LogP contribution in [-0.4, -0.2) is 11.1 Å². The van der Waals surface area contributed by atoms with Gasteiger partial charge in [-0.2, -0.15) is 0 Å². The molecule has 0 aliphatic carbocycles. The summed E-state index contributed by atoms with van der Waals surface area (Å²) < 4.78 is 0. The van der Waals surface area contributed by atoms with Crippen LogP contribution in [0.15, 0.2) is 53.6 Å². The lowest BCUT2D eigenvalue weighted by Crippen LogP contribution is -1.98. The average Bonchev–Trinajstić information content (AvgIpc) is 2.39. The molecule has 0 aliphatic rings. The molecule has 0 bridgehead atoms. The van der Waals surface area contributed by atoms with Crippen LogP contribution in [0, 0.1) is 0 Å². The maximum atomic E-state index is 11.1. The molecule has 2 aromatic rings. The number of hydrogen-bond donors (Lipinski definition) is 1. The van der Waals surface area contributed by atoms with Crippen molar-refractivity contribution >= 4 is 11.7 Å². The van der Waals surface area contributed by atoms with Gasteiger partial charge in [0.1, 0.15) is 0 Å². The minimum absolute atomic E-state index is 0.218. The fourth-order valence-corrected chi connectivity index (χ4v) is 1.71. The van der Waals surface area contributed by atoms with Gasteiger partial charge in [-0.1, -0.05) is 41.5 Å². The SMILES string of the molecule is [N-]=[N+]=Nc1cccc(-c2ccccc2C(=O)O)c1. The Morgan fingerprint density at radius 1 is 1.17 bits per heavy atom. The zero-order valence-corrected chi connectivity index (χ0v) is 9.32. The van der Waals surface area contributed by atoms with Crippen molar-refractivity contribution in [3.8, 4) is 11.1 Å². The van der Waals surface area contributed by atoms with Crippen LogP contribution in [0.4, 0.5) is 5.69 Å². The summed E-state index contributed by atoms with van der Waals surface area (Å²) in [5.74, 6) is -0.986. The first kappa shape index (κ1) is 11.7. The van der Waals surface area contributed by atoms with E-state index in [1.807, 2.05) is 0 Å². The number of carboxylic acids is 1. The molecule has 0 atom stereocenters. The highest BCUT2D eigenvalue weighted by molar-refractivity contribution is 5.96. The molecule has 0 aromatic heterocycles.